The quantitative estimate of drug-likeness (QED) is 0.475. The number of nitrogens with one attached hydrogen (secondary N) is 2. The first kappa shape index (κ1) is 24.6. The van der Waals surface area contributed by atoms with Gasteiger partial charge in [-0.15, -0.1) is 11.6 Å². The van der Waals surface area contributed by atoms with Gasteiger partial charge in [-0.05, 0) is 40.5 Å². The number of hydrogen-bond acceptors (Lipinski definition) is 5. The van der Waals surface area contributed by atoms with Gasteiger partial charge in [-0.25, -0.2) is 13.1 Å². The van der Waals surface area contributed by atoms with E-state index in [1.54, 1.807) is 36.5 Å². The lowest BCUT2D eigenvalue weighted by Crippen LogP contribution is -2.39. The highest BCUT2D eigenvalue weighted by Gasteiger charge is 2.33. The van der Waals surface area contributed by atoms with Gasteiger partial charge in [0.15, 0.2) is 0 Å². The number of carbonyl (C=O) groups excluding carboxylic acids is 2. The maximum Gasteiger partial charge on any atom is 0.273 e. The molecule has 1 aliphatic heterocycles. The van der Waals surface area contributed by atoms with Crippen LogP contribution in [0.25, 0.3) is 5.57 Å². The Morgan fingerprint density at radius 2 is 1.89 bits per heavy atom. The summed E-state index contributed by atoms with van der Waals surface area (Å²) in [6, 6.07) is 18.1. The van der Waals surface area contributed by atoms with Crippen molar-refractivity contribution in [2.45, 2.75) is 13.1 Å². The number of nitrogens with zero attached hydrogens (tertiary/aromatic N) is 2. The standard InChI is InChI=1S/C25H23ClN4O4S/c1-35(33,34)28-14-17-6-4-8-18(12-17)23-21-10-3-2-7-19(21)16-30(22(31)13-26)24(23)25(32)29-20-9-5-11-27-15-20/h2-12,15,28H,13-14,16H2,1H3,(H,29,32). The second-order valence-electron chi connectivity index (χ2n) is 7.98. The third kappa shape index (κ3) is 5.76. The molecule has 1 aromatic heterocycles. The van der Waals surface area contributed by atoms with Crippen molar-refractivity contribution < 1.29 is 18.0 Å². The summed E-state index contributed by atoms with van der Waals surface area (Å²) in [5.41, 5.74) is 4.21. The van der Waals surface area contributed by atoms with Gasteiger partial charge in [-0.1, -0.05) is 42.5 Å². The van der Waals surface area contributed by atoms with E-state index < -0.39 is 21.8 Å². The monoisotopic (exact) mass is 510 g/mol. The number of fused-ring (bicyclic) bond motifs is 1. The second-order valence-corrected chi connectivity index (χ2v) is 10.1. The molecule has 0 atom stereocenters. The number of amides is 2. The summed E-state index contributed by atoms with van der Waals surface area (Å²) < 4.78 is 25.6. The Labute approximate surface area is 208 Å². The lowest BCUT2D eigenvalue weighted by molar-refractivity contribution is -0.129. The molecule has 0 fully saturated rings. The Balaban J connectivity index is 1.89. The molecule has 0 unspecified atom stereocenters. The fourth-order valence-electron chi connectivity index (χ4n) is 3.91. The summed E-state index contributed by atoms with van der Waals surface area (Å²) in [5.74, 6) is -1.19. The molecule has 0 radical (unpaired) electrons. The van der Waals surface area contributed by atoms with Gasteiger partial charge in [0.2, 0.25) is 15.9 Å². The van der Waals surface area contributed by atoms with Crippen molar-refractivity contribution in [1.82, 2.24) is 14.6 Å². The van der Waals surface area contributed by atoms with Crippen molar-refractivity contribution in [3.63, 3.8) is 0 Å². The van der Waals surface area contributed by atoms with E-state index in [0.29, 0.717) is 22.4 Å². The van der Waals surface area contributed by atoms with Crippen molar-refractivity contribution in [2.75, 3.05) is 17.5 Å². The Morgan fingerprint density at radius 1 is 1.09 bits per heavy atom. The Morgan fingerprint density at radius 3 is 2.60 bits per heavy atom. The second kappa shape index (κ2) is 10.4. The van der Waals surface area contributed by atoms with Crippen molar-refractivity contribution >= 4 is 44.7 Å². The minimum atomic E-state index is -3.39. The van der Waals surface area contributed by atoms with E-state index in [0.717, 1.165) is 17.4 Å². The largest absolute Gasteiger partial charge is 0.319 e. The molecule has 2 aromatic carbocycles. The topological polar surface area (TPSA) is 108 Å². The van der Waals surface area contributed by atoms with Gasteiger partial charge < -0.3 is 10.2 Å². The van der Waals surface area contributed by atoms with E-state index in [4.69, 9.17) is 11.6 Å². The van der Waals surface area contributed by atoms with Crippen LogP contribution in [0.2, 0.25) is 0 Å². The number of benzene rings is 2. The van der Waals surface area contributed by atoms with Crippen LogP contribution in [0.5, 0.6) is 0 Å². The van der Waals surface area contributed by atoms with Gasteiger partial charge >= 0.3 is 0 Å². The van der Waals surface area contributed by atoms with Crippen LogP contribution >= 0.6 is 11.6 Å². The number of carbonyl (C=O) groups is 2. The molecule has 0 spiro atoms. The lowest BCUT2D eigenvalue weighted by atomic mass is 9.87. The van der Waals surface area contributed by atoms with Crippen LogP contribution in [0.3, 0.4) is 0 Å². The van der Waals surface area contributed by atoms with Crippen LogP contribution in [0.15, 0.2) is 78.8 Å². The molecule has 0 aliphatic carbocycles. The van der Waals surface area contributed by atoms with Crippen molar-refractivity contribution in [3.05, 3.63) is 101 Å². The third-order valence-electron chi connectivity index (χ3n) is 5.43. The normalized spacial score (nSPS) is 13.4. The molecule has 2 N–H and O–H groups in total. The van der Waals surface area contributed by atoms with E-state index in [9.17, 15) is 18.0 Å². The number of aromatic nitrogens is 1. The fraction of sp³-hybridized carbons (Fsp3) is 0.160. The van der Waals surface area contributed by atoms with Crippen LogP contribution in [0.4, 0.5) is 5.69 Å². The zero-order valence-electron chi connectivity index (χ0n) is 18.9. The summed E-state index contributed by atoms with van der Waals surface area (Å²) in [7, 11) is -3.39. The number of halogens is 1. The van der Waals surface area contributed by atoms with Gasteiger partial charge in [-0.3, -0.25) is 14.6 Å². The summed E-state index contributed by atoms with van der Waals surface area (Å²) in [6.07, 6.45) is 4.20. The summed E-state index contributed by atoms with van der Waals surface area (Å²) in [6.45, 7) is 0.277. The molecule has 10 heteroatoms. The number of hydrogen-bond donors (Lipinski definition) is 2. The molecule has 0 saturated heterocycles. The molecule has 35 heavy (non-hydrogen) atoms. The fourth-order valence-corrected chi connectivity index (χ4v) is 4.48. The van der Waals surface area contributed by atoms with Crippen LogP contribution in [0.1, 0.15) is 22.3 Å². The van der Waals surface area contributed by atoms with E-state index in [1.165, 1.54) is 11.1 Å². The maximum absolute atomic E-state index is 13.6. The van der Waals surface area contributed by atoms with Crippen LogP contribution in [-0.4, -0.2) is 42.3 Å². The summed E-state index contributed by atoms with van der Waals surface area (Å²) in [4.78, 5) is 31.9. The minimum Gasteiger partial charge on any atom is -0.319 e. The molecule has 180 valence electrons. The summed E-state index contributed by atoms with van der Waals surface area (Å²) >= 11 is 5.92. The molecule has 8 nitrogen and oxygen atoms in total. The van der Waals surface area contributed by atoms with Crippen LogP contribution in [-0.2, 0) is 32.7 Å². The van der Waals surface area contributed by atoms with Crippen molar-refractivity contribution in [3.8, 4) is 0 Å². The van der Waals surface area contributed by atoms with E-state index >= 15 is 0 Å². The zero-order valence-corrected chi connectivity index (χ0v) is 20.4. The van der Waals surface area contributed by atoms with Crippen LogP contribution < -0.4 is 10.0 Å². The minimum absolute atomic E-state index is 0.0864. The molecule has 1 aliphatic rings. The highest BCUT2D eigenvalue weighted by molar-refractivity contribution is 7.88. The molecule has 3 aromatic rings. The Bertz CT molecular complexity index is 1410. The Kier molecular flexibility index (Phi) is 7.30. The molecular formula is C25H23ClN4O4S. The lowest BCUT2D eigenvalue weighted by Gasteiger charge is -2.33. The molecule has 0 saturated carbocycles. The van der Waals surface area contributed by atoms with Crippen molar-refractivity contribution in [1.29, 1.82) is 0 Å². The first-order chi connectivity index (χ1) is 16.8. The molecule has 2 heterocycles. The van der Waals surface area contributed by atoms with Gasteiger partial charge in [0.05, 0.1) is 24.7 Å². The highest BCUT2D eigenvalue weighted by Crippen LogP contribution is 2.37. The SMILES string of the molecule is CS(=O)(=O)NCc1cccc(C2=C(C(=O)Nc3cccnc3)N(C(=O)CCl)Cc3ccccc32)c1. The Hall–Kier alpha value is -3.53. The predicted octanol–water partition coefficient (Wildman–Crippen LogP) is 3.11. The van der Waals surface area contributed by atoms with Crippen molar-refractivity contribution in [2.24, 2.45) is 0 Å². The number of pyridine rings is 1. The molecular weight excluding hydrogens is 488 g/mol. The third-order valence-corrected chi connectivity index (χ3v) is 6.32. The summed E-state index contributed by atoms with van der Waals surface area (Å²) in [5, 5.41) is 2.82. The zero-order chi connectivity index (χ0) is 25.0. The smallest absolute Gasteiger partial charge is 0.273 e. The number of alkyl halides is 1. The first-order valence-electron chi connectivity index (χ1n) is 10.7. The van der Waals surface area contributed by atoms with E-state index in [-0.39, 0.29) is 24.7 Å². The van der Waals surface area contributed by atoms with Gasteiger partial charge in [0.25, 0.3) is 5.91 Å². The van der Waals surface area contributed by atoms with Gasteiger partial charge in [-0.2, -0.15) is 0 Å². The van der Waals surface area contributed by atoms with Crippen LogP contribution in [0, 0.1) is 0 Å². The number of anilines is 1. The molecule has 4 rings (SSSR count). The molecule has 2 amide bonds. The number of sulfonamides is 1. The predicted molar refractivity (Wildman–Crippen MR) is 135 cm³/mol. The maximum atomic E-state index is 13.6. The average Bonchev–Trinajstić information content (AvgIpc) is 2.86. The van der Waals surface area contributed by atoms with Gasteiger partial charge in [0, 0.05) is 18.3 Å². The highest BCUT2D eigenvalue weighted by atomic mass is 35.5. The van der Waals surface area contributed by atoms with Gasteiger partial charge in [0.1, 0.15) is 11.6 Å². The molecule has 0 bridgehead atoms. The van der Waals surface area contributed by atoms with E-state index in [1.807, 2.05) is 30.3 Å². The van der Waals surface area contributed by atoms with E-state index in [2.05, 4.69) is 15.0 Å². The first-order valence-corrected chi connectivity index (χ1v) is 13.1. The number of rotatable bonds is 7. The average molecular weight is 511 g/mol.